The Bertz CT molecular complexity index is 641. The van der Waals surface area contributed by atoms with Crippen molar-refractivity contribution in [1.29, 1.82) is 0 Å². The fourth-order valence-electron chi connectivity index (χ4n) is 2.24. The summed E-state index contributed by atoms with van der Waals surface area (Å²) in [5.74, 6) is 0.577. The monoisotopic (exact) mass is 331 g/mol. The van der Waals surface area contributed by atoms with Crippen molar-refractivity contribution in [2.45, 2.75) is 52.4 Å². The SMILES string of the molecule is CC(Cc1cccnc1)NC(=O)Cn1nnnc1CN(C)C(C)C. The lowest BCUT2D eigenvalue weighted by Crippen LogP contribution is -2.37. The normalized spacial score (nSPS) is 12.6. The highest BCUT2D eigenvalue weighted by molar-refractivity contribution is 5.75. The minimum absolute atomic E-state index is 0.0139. The highest BCUT2D eigenvalue weighted by Crippen LogP contribution is 2.03. The van der Waals surface area contributed by atoms with Gasteiger partial charge >= 0.3 is 0 Å². The Morgan fingerprint density at radius 2 is 2.17 bits per heavy atom. The van der Waals surface area contributed by atoms with Crippen molar-refractivity contribution in [2.24, 2.45) is 0 Å². The molecule has 2 aromatic rings. The molecule has 1 N–H and O–H groups in total. The molecule has 0 spiro atoms. The smallest absolute Gasteiger partial charge is 0.242 e. The minimum atomic E-state index is -0.104. The standard InChI is InChI=1S/C16H25N7O/c1-12(2)22(4)10-15-19-20-21-23(15)11-16(24)18-13(3)8-14-6-5-7-17-9-14/h5-7,9,12-13H,8,10-11H2,1-4H3,(H,18,24). The van der Waals surface area contributed by atoms with Crippen LogP contribution in [0.3, 0.4) is 0 Å². The molecule has 0 aliphatic heterocycles. The first kappa shape index (κ1) is 18.0. The summed E-state index contributed by atoms with van der Waals surface area (Å²) in [5.41, 5.74) is 1.09. The topological polar surface area (TPSA) is 88.8 Å². The van der Waals surface area contributed by atoms with E-state index in [1.54, 1.807) is 10.9 Å². The van der Waals surface area contributed by atoms with Crippen LogP contribution >= 0.6 is 0 Å². The quantitative estimate of drug-likeness (QED) is 0.764. The molecule has 1 atom stereocenters. The van der Waals surface area contributed by atoms with Crippen LogP contribution in [0, 0.1) is 0 Å². The van der Waals surface area contributed by atoms with Gasteiger partial charge in [0.15, 0.2) is 5.82 Å². The van der Waals surface area contributed by atoms with Crippen LogP contribution in [0.2, 0.25) is 0 Å². The molecule has 24 heavy (non-hydrogen) atoms. The van der Waals surface area contributed by atoms with Crippen LogP contribution in [-0.4, -0.2) is 55.1 Å². The summed E-state index contributed by atoms with van der Waals surface area (Å²) >= 11 is 0. The van der Waals surface area contributed by atoms with Gasteiger partial charge in [-0.3, -0.25) is 14.7 Å². The van der Waals surface area contributed by atoms with E-state index in [9.17, 15) is 4.79 Å². The number of tetrazole rings is 1. The first-order chi connectivity index (χ1) is 11.5. The molecule has 0 radical (unpaired) electrons. The van der Waals surface area contributed by atoms with E-state index in [4.69, 9.17) is 0 Å². The first-order valence-electron chi connectivity index (χ1n) is 8.09. The molecule has 2 heterocycles. The van der Waals surface area contributed by atoms with Crippen LogP contribution in [0.5, 0.6) is 0 Å². The number of pyridine rings is 1. The maximum Gasteiger partial charge on any atom is 0.242 e. The number of nitrogens with zero attached hydrogens (tertiary/aromatic N) is 6. The van der Waals surface area contributed by atoms with Gasteiger partial charge in [0.25, 0.3) is 0 Å². The van der Waals surface area contributed by atoms with Crippen molar-refractivity contribution in [1.82, 2.24) is 35.4 Å². The van der Waals surface area contributed by atoms with E-state index < -0.39 is 0 Å². The van der Waals surface area contributed by atoms with Crippen molar-refractivity contribution in [3.8, 4) is 0 Å². The van der Waals surface area contributed by atoms with Crippen LogP contribution in [0.1, 0.15) is 32.2 Å². The molecule has 0 aromatic carbocycles. The molecule has 0 aliphatic carbocycles. The zero-order chi connectivity index (χ0) is 17.5. The number of nitrogens with one attached hydrogen (secondary N) is 1. The van der Waals surface area contributed by atoms with E-state index in [2.05, 4.69) is 44.6 Å². The molecule has 0 fully saturated rings. The Kier molecular flexibility index (Phi) is 6.36. The summed E-state index contributed by atoms with van der Waals surface area (Å²) < 4.78 is 1.55. The third kappa shape index (κ3) is 5.38. The zero-order valence-corrected chi connectivity index (χ0v) is 14.7. The average Bonchev–Trinajstić information content (AvgIpc) is 2.94. The van der Waals surface area contributed by atoms with Crippen molar-refractivity contribution in [2.75, 3.05) is 7.05 Å². The van der Waals surface area contributed by atoms with Gasteiger partial charge in [-0.1, -0.05) is 6.07 Å². The van der Waals surface area contributed by atoms with Gasteiger partial charge in [-0.15, -0.1) is 5.10 Å². The Morgan fingerprint density at radius 3 is 2.83 bits per heavy atom. The van der Waals surface area contributed by atoms with Crippen LogP contribution in [-0.2, 0) is 24.3 Å². The van der Waals surface area contributed by atoms with Gasteiger partial charge in [0.2, 0.25) is 5.91 Å². The third-order valence-corrected chi connectivity index (χ3v) is 3.84. The van der Waals surface area contributed by atoms with Crippen LogP contribution in [0.25, 0.3) is 0 Å². The number of carbonyl (C=O) groups excluding carboxylic acids is 1. The van der Waals surface area contributed by atoms with Crippen LogP contribution in [0.4, 0.5) is 0 Å². The average molecular weight is 331 g/mol. The number of carbonyl (C=O) groups is 1. The lowest BCUT2D eigenvalue weighted by Gasteiger charge is -2.20. The molecular formula is C16H25N7O. The van der Waals surface area contributed by atoms with Crippen LogP contribution < -0.4 is 5.32 Å². The maximum atomic E-state index is 12.2. The molecule has 2 aromatic heterocycles. The lowest BCUT2D eigenvalue weighted by atomic mass is 10.1. The van der Waals surface area contributed by atoms with E-state index in [0.717, 1.165) is 12.0 Å². The van der Waals surface area contributed by atoms with Gasteiger partial charge in [0.05, 0.1) is 6.54 Å². The molecule has 0 aliphatic rings. The number of hydrogen-bond acceptors (Lipinski definition) is 6. The Hall–Kier alpha value is -2.35. The third-order valence-electron chi connectivity index (χ3n) is 3.84. The molecule has 1 amide bonds. The molecule has 0 saturated heterocycles. The molecule has 0 bridgehead atoms. The summed E-state index contributed by atoms with van der Waals surface area (Å²) in [6, 6.07) is 4.28. The second-order valence-electron chi connectivity index (χ2n) is 6.30. The number of hydrogen-bond donors (Lipinski definition) is 1. The van der Waals surface area contributed by atoms with Crippen LogP contribution in [0.15, 0.2) is 24.5 Å². The summed E-state index contributed by atoms with van der Waals surface area (Å²) in [4.78, 5) is 18.4. The van der Waals surface area contributed by atoms with Gasteiger partial charge in [0, 0.05) is 24.5 Å². The summed E-state index contributed by atoms with van der Waals surface area (Å²) in [5, 5.41) is 14.6. The lowest BCUT2D eigenvalue weighted by molar-refractivity contribution is -0.122. The molecular weight excluding hydrogens is 306 g/mol. The number of rotatable bonds is 8. The molecule has 1 unspecified atom stereocenters. The largest absolute Gasteiger partial charge is 0.352 e. The predicted molar refractivity (Wildman–Crippen MR) is 90.0 cm³/mol. The van der Waals surface area contributed by atoms with E-state index in [1.807, 2.05) is 32.3 Å². The molecule has 130 valence electrons. The summed E-state index contributed by atoms with van der Waals surface area (Å²) in [6.45, 7) is 6.88. The maximum absolute atomic E-state index is 12.2. The van der Waals surface area contributed by atoms with E-state index in [0.29, 0.717) is 18.4 Å². The second-order valence-corrected chi connectivity index (χ2v) is 6.30. The van der Waals surface area contributed by atoms with Crippen molar-refractivity contribution in [3.05, 3.63) is 35.9 Å². The summed E-state index contributed by atoms with van der Waals surface area (Å²) in [6.07, 6.45) is 4.28. The summed E-state index contributed by atoms with van der Waals surface area (Å²) in [7, 11) is 2.00. The van der Waals surface area contributed by atoms with Gasteiger partial charge in [0.1, 0.15) is 6.54 Å². The van der Waals surface area contributed by atoms with E-state index in [1.165, 1.54) is 0 Å². The van der Waals surface area contributed by atoms with Gasteiger partial charge in [-0.05, 0) is 56.3 Å². The van der Waals surface area contributed by atoms with Crippen molar-refractivity contribution >= 4 is 5.91 Å². The second kappa shape index (κ2) is 8.49. The number of aromatic nitrogens is 5. The molecule has 0 saturated carbocycles. The highest BCUT2D eigenvalue weighted by atomic mass is 16.2. The fourth-order valence-corrected chi connectivity index (χ4v) is 2.24. The first-order valence-corrected chi connectivity index (χ1v) is 8.09. The molecule has 2 rings (SSSR count). The fraction of sp³-hybridized carbons (Fsp3) is 0.562. The Morgan fingerprint density at radius 1 is 1.38 bits per heavy atom. The molecule has 8 heteroatoms. The molecule has 8 nitrogen and oxygen atoms in total. The number of amides is 1. The van der Waals surface area contributed by atoms with E-state index >= 15 is 0 Å². The van der Waals surface area contributed by atoms with Gasteiger partial charge in [-0.25, -0.2) is 4.68 Å². The van der Waals surface area contributed by atoms with E-state index in [-0.39, 0.29) is 18.5 Å². The van der Waals surface area contributed by atoms with Crippen molar-refractivity contribution in [3.63, 3.8) is 0 Å². The Balaban J connectivity index is 1.87. The minimum Gasteiger partial charge on any atom is -0.352 e. The zero-order valence-electron chi connectivity index (χ0n) is 14.7. The van der Waals surface area contributed by atoms with Gasteiger partial charge in [-0.2, -0.15) is 0 Å². The predicted octanol–water partition coefficient (Wildman–Crippen LogP) is 0.656. The Labute approximate surface area is 142 Å². The highest BCUT2D eigenvalue weighted by Gasteiger charge is 2.15. The van der Waals surface area contributed by atoms with Crippen molar-refractivity contribution < 1.29 is 4.79 Å². The van der Waals surface area contributed by atoms with Gasteiger partial charge < -0.3 is 5.32 Å².